The molecule has 9 nitrogen and oxygen atoms in total. The topological polar surface area (TPSA) is 101 Å². The van der Waals surface area contributed by atoms with Gasteiger partial charge in [0.25, 0.3) is 5.91 Å². The Hall–Kier alpha value is -4.21. The number of fused-ring (bicyclic) bond motifs is 1. The van der Waals surface area contributed by atoms with Crippen molar-refractivity contribution in [3.63, 3.8) is 0 Å². The molecule has 1 fully saturated rings. The molecule has 9 heteroatoms. The number of rotatable bonds is 9. The minimum Gasteiger partial charge on any atom is -0.385 e. The number of carbonyl (C=O) groups excluding carboxylic acids is 2. The first-order valence-corrected chi connectivity index (χ1v) is 13.7. The second kappa shape index (κ2) is 12.8. The van der Waals surface area contributed by atoms with Gasteiger partial charge in [0, 0.05) is 68.1 Å². The zero-order chi connectivity index (χ0) is 27.9. The van der Waals surface area contributed by atoms with E-state index >= 15 is 0 Å². The third-order valence-electron chi connectivity index (χ3n) is 7.43. The number of methoxy groups -OCH3 is 1. The molecule has 1 aliphatic heterocycles. The fourth-order valence-electron chi connectivity index (χ4n) is 5.28. The van der Waals surface area contributed by atoms with Gasteiger partial charge in [0.1, 0.15) is 5.82 Å². The van der Waals surface area contributed by atoms with Gasteiger partial charge in [0.15, 0.2) is 0 Å². The van der Waals surface area contributed by atoms with E-state index in [1.165, 1.54) is 5.56 Å². The number of aromatic nitrogens is 2. The van der Waals surface area contributed by atoms with Crippen LogP contribution in [0.1, 0.15) is 41.1 Å². The van der Waals surface area contributed by atoms with Crippen LogP contribution >= 0.6 is 0 Å². The summed E-state index contributed by atoms with van der Waals surface area (Å²) in [5, 5.41) is 9.98. The molecule has 4 aromatic rings. The average molecular weight is 541 g/mol. The zero-order valence-electron chi connectivity index (χ0n) is 23.0. The number of amides is 2. The van der Waals surface area contributed by atoms with Crippen LogP contribution in [0.3, 0.4) is 0 Å². The first kappa shape index (κ1) is 27.4. The summed E-state index contributed by atoms with van der Waals surface area (Å²) < 4.78 is 6.89. The molecule has 40 heavy (non-hydrogen) atoms. The summed E-state index contributed by atoms with van der Waals surface area (Å²) >= 11 is 0. The molecule has 3 N–H and O–H groups in total. The van der Waals surface area contributed by atoms with Crippen LogP contribution < -0.4 is 20.9 Å². The van der Waals surface area contributed by atoms with Crippen LogP contribution in [0.15, 0.2) is 73.1 Å². The Bertz CT molecular complexity index is 1460. The number of piperidine rings is 1. The molecule has 0 unspecified atom stereocenters. The number of ether oxygens (including phenoxy) is 1. The van der Waals surface area contributed by atoms with Crippen LogP contribution in [0, 0.1) is 0 Å². The second-order valence-corrected chi connectivity index (χ2v) is 9.98. The normalized spacial score (nSPS) is 13.8. The van der Waals surface area contributed by atoms with E-state index in [-0.39, 0.29) is 11.9 Å². The summed E-state index contributed by atoms with van der Waals surface area (Å²) in [7, 11) is 3.31. The lowest BCUT2D eigenvalue weighted by Gasteiger charge is -2.25. The predicted molar refractivity (Wildman–Crippen MR) is 159 cm³/mol. The molecule has 1 aliphatic rings. The lowest BCUT2D eigenvalue weighted by Crippen LogP contribution is -2.26. The molecule has 0 bridgehead atoms. The number of anilines is 3. The van der Waals surface area contributed by atoms with Gasteiger partial charge < -0.3 is 25.6 Å². The largest absolute Gasteiger partial charge is 0.385 e. The van der Waals surface area contributed by atoms with E-state index in [0.717, 1.165) is 54.6 Å². The highest BCUT2D eigenvalue weighted by Gasteiger charge is 2.17. The van der Waals surface area contributed by atoms with Crippen LogP contribution in [0.2, 0.25) is 0 Å². The molecule has 0 atom stereocenters. The number of hydrogen-bond donors (Lipinski definition) is 3. The molecule has 0 radical (unpaired) electrons. The fraction of sp³-hybridized carbons (Fsp3) is 0.323. The summed E-state index contributed by atoms with van der Waals surface area (Å²) in [4.78, 5) is 31.9. The van der Waals surface area contributed by atoms with E-state index < -0.39 is 0 Å². The summed E-state index contributed by atoms with van der Waals surface area (Å²) in [5.74, 6) is 0.834. The second-order valence-electron chi connectivity index (χ2n) is 9.98. The molecule has 0 spiro atoms. The number of hydrogen-bond acceptors (Lipinski definition) is 6. The van der Waals surface area contributed by atoms with Crippen molar-refractivity contribution in [1.82, 2.24) is 20.2 Å². The Labute approximate surface area is 234 Å². The molecule has 2 amide bonds. The highest BCUT2D eigenvalue weighted by atomic mass is 16.5. The molecular weight excluding hydrogens is 504 g/mol. The maximum absolute atomic E-state index is 13.1. The van der Waals surface area contributed by atoms with Crippen molar-refractivity contribution in [3.05, 3.63) is 84.2 Å². The number of benzene rings is 2. The van der Waals surface area contributed by atoms with E-state index in [4.69, 9.17) is 4.74 Å². The van der Waals surface area contributed by atoms with Crippen LogP contribution in [0.25, 0.3) is 10.9 Å². The van der Waals surface area contributed by atoms with Crippen LogP contribution in [0.4, 0.5) is 22.0 Å². The SMILES string of the molecule is CNC(=O)n1ccc2cc(N(CCCOC)c3ccnc(NC(=O)c4ccc(C5CCNCC5)cc4)c3)ccc21. The Balaban J connectivity index is 1.35. The van der Waals surface area contributed by atoms with Gasteiger partial charge in [-0.15, -0.1) is 0 Å². The van der Waals surface area contributed by atoms with E-state index in [0.29, 0.717) is 30.5 Å². The van der Waals surface area contributed by atoms with Crippen molar-refractivity contribution < 1.29 is 14.3 Å². The van der Waals surface area contributed by atoms with Crippen molar-refractivity contribution in [2.75, 3.05) is 50.6 Å². The molecule has 1 saturated heterocycles. The summed E-state index contributed by atoms with van der Waals surface area (Å²) in [6, 6.07) is 19.5. The monoisotopic (exact) mass is 540 g/mol. The fourth-order valence-corrected chi connectivity index (χ4v) is 5.28. The molecule has 2 aromatic heterocycles. The van der Waals surface area contributed by atoms with Crippen LogP contribution in [0.5, 0.6) is 0 Å². The smallest absolute Gasteiger partial charge is 0.325 e. The Morgan fingerprint density at radius 1 is 1.05 bits per heavy atom. The van der Waals surface area contributed by atoms with E-state index in [9.17, 15) is 9.59 Å². The first-order chi connectivity index (χ1) is 19.6. The third kappa shape index (κ3) is 6.16. The maximum Gasteiger partial charge on any atom is 0.325 e. The minimum absolute atomic E-state index is 0.185. The standard InChI is InChI=1S/C31H36N6O3/c1-32-31(39)37-18-13-25-20-26(8-9-28(25)37)36(17-3-19-40-2)27-12-16-34-29(21-27)35-30(38)24-6-4-22(5-7-24)23-10-14-33-15-11-23/h4-9,12-13,16,18,20-21,23,33H,3,10-11,14-15,17,19H2,1-2H3,(H,32,39)(H,34,35,38). The van der Waals surface area contributed by atoms with Gasteiger partial charge >= 0.3 is 6.03 Å². The van der Waals surface area contributed by atoms with E-state index in [1.54, 1.807) is 31.1 Å². The van der Waals surface area contributed by atoms with Gasteiger partial charge in [-0.1, -0.05) is 12.1 Å². The predicted octanol–water partition coefficient (Wildman–Crippen LogP) is 5.12. The molecule has 0 aliphatic carbocycles. The van der Waals surface area contributed by atoms with Gasteiger partial charge in [0.05, 0.1) is 5.52 Å². The van der Waals surface area contributed by atoms with Crippen molar-refractivity contribution in [2.24, 2.45) is 0 Å². The number of nitrogens with zero attached hydrogens (tertiary/aromatic N) is 3. The number of carbonyl (C=O) groups is 2. The van der Waals surface area contributed by atoms with E-state index in [1.807, 2.05) is 42.5 Å². The van der Waals surface area contributed by atoms with Gasteiger partial charge in [-0.25, -0.2) is 9.78 Å². The number of nitrogens with one attached hydrogen (secondary N) is 3. The molecular formula is C31H36N6O3. The molecule has 2 aromatic carbocycles. The highest BCUT2D eigenvalue weighted by molar-refractivity contribution is 6.04. The van der Waals surface area contributed by atoms with Crippen LogP contribution in [-0.4, -0.2) is 61.9 Å². The van der Waals surface area contributed by atoms with Crippen molar-refractivity contribution in [2.45, 2.75) is 25.2 Å². The third-order valence-corrected chi connectivity index (χ3v) is 7.43. The average Bonchev–Trinajstić information content (AvgIpc) is 3.43. The molecule has 208 valence electrons. The van der Waals surface area contributed by atoms with Crippen LogP contribution in [-0.2, 0) is 4.74 Å². The first-order valence-electron chi connectivity index (χ1n) is 13.7. The highest BCUT2D eigenvalue weighted by Crippen LogP contribution is 2.31. The Kier molecular flexibility index (Phi) is 8.73. The zero-order valence-corrected chi connectivity index (χ0v) is 23.0. The van der Waals surface area contributed by atoms with E-state index in [2.05, 4.69) is 44.0 Å². The summed E-state index contributed by atoms with van der Waals surface area (Å²) in [5.41, 5.74) is 4.58. The lowest BCUT2D eigenvalue weighted by atomic mass is 9.90. The molecule has 0 saturated carbocycles. The summed E-state index contributed by atoms with van der Waals surface area (Å²) in [6.07, 6.45) is 6.52. The van der Waals surface area contributed by atoms with Gasteiger partial charge in [-0.2, -0.15) is 0 Å². The summed E-state index contributed by atoms with van der Waals surface area (Å²) in [6.45, 7) is 3.39. The Morgan fingerprint density at radius 2 is 1.82 bits per heavy atom. The maximum atomic E-state index is 13.1. The van der Waals surface area contributed by atoms with Crippen molar-refractivity contribution >= 4 is 40.0 Å². The quantitative estimate of drug-likeness (QED) is 0.255. The van der Waals surface area contributed by atoms with Gasteiger partial charge in [-0.3, -0.25) is 9.36 Å². The van der Waals surface area contributed by atoms with Gasteiger partial charge in [0.2, 0.25) is 0 Å². The Morgan fingerprint density at radius 3 is 2.58 bits per heavy atom. The lowest BCUT2D eigenvalue weighted by molar-refractivity contribution is 0.102. The van der Waals surface area contributed by atoms with Gasteiger partial charge in [-0.05, 0) is 86.3 Å². The molecule has 5 rings (SSSR count). The number of pyridine rings is 1. The minimum atomic E-state index is -0.190. The van der Waals surface area contributed by atoms with Crippen molar-refractivity contribution in [1.29, 1.82) is 0 Å². The van der Waals surface area contributed by atoms with Crippen molar-refractivity contribution in [3.8, 4) is 0 Å². The molecule has 3 heterocycles.